The maximum Gasteiger partial charge on any atom is 0.176 e. The van der Waals surface area contributed by atoms with E-state index in [1.54, 1.807) is 0 Å². The van der Waals surface area contributed by atoms with Crippen LogP contribution in [0.5, 0.6) is 0 Å². The molecule has 104 valence electrons. The van der Waals surface area contributed by atoms with Crippen molar-refractivity contribution in [2.24, 2.45) is 7.05 Å². The second-order valence-electron chi connectivity index (χ2n) is 4.86. The van der Waals surface area contributed by atoms with E-state index in [4.69, 9.17) is 0 Å². The second-order valence-corrected chi connectivity index (χ2v) is 4.86. The van der Waals surface area contributed by atoms with Crippen LogP contribution >= 0.6 is 0 Å². The Hall–Kier alpha value is -0.970. The van der Waals surface area contributed by atoms with Gasteiger partial charge in [0, 0.05) is 12.5 Å². The van der Waals surface area contributed by atoms with Crippen LogP contribution in [0.1, 0.15) is 58.2 Å². The van der Waals surface area contributed by atoms with Crippen molar-refractivity contribution in [2.45, 2.75) is 64.8 Å². The maximum atomic E-state index is 4.24. The first-order valence-electron chi connectivity index (χ1n) is 7.22. The highest BCUT2D eigenvalue weighted by molar-refractivity contribution is 4.84. The predicted octanol–water partition coefficient (Wildman–Crippen LogP) is 2.09. The number of hydrogen-bond donors (Lipinski definition) is 1. The summed E-state index contributed by atoms with van der Waals surface area (Å²) in [6.45, 7) is 5.40. The molecule has 0 saturated carbocycles. The lowest BCUT2D eigenvalue weighted by Crippen LogP contribution is -2.31. The van der Waals surface area contributed by atoms with Crippen LogP contribution in [0.25, 0.3) is 0 Å². The Bertz CT molecular complexity index is 310. The van der Waals surface area contributed by atoms with Crippen LogP contribution in [0.15, 0.2) is 0 Å². The normalized spacial score (nSPS) is 12.8. The fraction of sp³-hybridized carbons (Fsp3) is 0.923. The van der Waals surface area contributed by atoms with Gasteiger partial charge < -0.3 is 5.32 Å². The molecule has 5 nitrogen and oxygen atoms in total. The lowest BCUT2D eigenvalue weighted by Gasteiger charge is -2.15. The zero-order chi connectivity index (χ0) is 13.2. The number of rotatable bonds is 10. The number of unbranched alkanes of at least 4 members (excludes halogenated alkanes) is 4. The van der Waals surface area contributed by atoms with Gasteiger partial charge in [-0.05, 0) is 18.2 Å². The van der Waals surface area contributed by atoms with Gasteiger partial charge in [-0.3, -0.25) is 0 Å². The SMILES string of the molecule is CCCCCCCC(Cc1nnn(C)n1)NCC. The molecule has 0 saturated heterocycles. The number of likely N-dealkylation sites (N-methyl/N-ethyl adjacent to an activating group) is 1. The first kappa shape index (κ1) is 15.1. The molecule has 1 atom stereocenters. The summed E-state index contributed by atoms with van der Waals surface area (Å²) in [5, 5.41) is 15.7. The summed E-state index contributed by atoms with van der Waals surface area (Å²) in [5.74, 6) is 0.844. The van der Waals surface area contributed by atoms with Gasteiger partial charge in [-0.15, -0.1) is 10.2 Å². The van der Waals surface area contributed by atoms with E-state index in [0.717, 1.165) is 18.8 Å². The molecule has 0 radical (unpaired) electrons. The molecule has 1 heterocycles. The van der Waals surface area contributed by atoms with Crippen molar-refractivity contribution in [3.05, 3.63) is 5.82 Å². The molecule has 0 bridgehead atoms. The first-order chi connectivity index (χ1) is 8.76. The van der Waals surface area contributed by atoms with Gasteiger partial charge >= 0.3 is 0 Å². The molecule has 0 amide bonds. The van der Waals surface area contributed by atoms with Gasteiger partial charge in [0.25, 0.3) is 0 Å². The molecular weight excluding hydrogens is 226 g/mol. The molecule has 1 unspecified atom stereocenters. The number of hydrogen-bond acceptors (Lipinski definition) is 4. The average Bonchev–Trinajstić information content (AvgIpc) is 2.75. The molecule has 0 fully saturated rings. The fourth-order valence-electron chi connectivity index (χ4n) is 2.18. The number of tetrazole rings is 1. The lowest BCUT2D eigenvalue weighted by atomic mass is 10.0. The topological polar surface area (TPSA) is 55.6 Å². The summed E-state index contributed by atoms with van der Waals surface area (Å²) >= 11 is 0. The molecule has 0 aromatic carbocycles. The average molecular weight is 253 g/mol. The minimum atomic E-state index is 0.487. The minimum Gasteiger partial charge on any atom is -0.314 e. The molecule has 1 aromatic heterocycles. The first-order valence-corrected chi connectivity index (χ1v) is 7.22. The lowest BCUT2D eigenvalue weighted by molar-refractivity contribution is 0.453. The third kappa shape index (κ3) is 6.10. The molecule has 0 aliphatic rings. The molecule has 0 aliphatic carbocycles. The van der Waals surface area contributed by atoms with E-state index >= 15 is 0 Å². The van der Waals surface area contributed by atoms with Crippen molar-refractivity contribution in [3.8, 4) is 0 Å². The van der Waals surface area contributed by atoms with E-state index in [9.17, 15) is 0 Å². The molecule has 18 heavy (non-hydrogen) atoms. The quantitative estimate of drug-likeness (QED) is 0.649. The van der Waals surface area contributed by atoms with Crippen LogP contribution in [0.2, 0.25) is 0 Å². The molecule has 1 aromatic rings. The van der Waals surface area contributed by atoms with Crippen LogP contribution in [0.4, 0.5) is 0 Å². The Morgan fingerprint density at radius 3 is 2.56 bits per heavy atom. The Balaban J connectivity index is 2.26. The van der Waals surface area contributed by atoms with Crippen molar-refractivity contribution >= 4 is 0 Å². The highest BCUT2D eigenvalue weighted by atomic mass is 15.6. The van der Waals surface area contributed by atoms with Crippen molar-refractivity contribution in [1.82, 2.24) is 25.5 Å². The van der Waals surface area contributed by atoms with Crippen molar-refractivity contribution in [1.29, 1.82) is 0 Å². The Morgan fingerprint density at radius 1 is 1.17 bits per heavy atom. The van der Waals surface area contributed by atoms with E-state index in [1.807, 2.05) is 7.05 Å². The number of nitrogens with zero attached hydrogens (tertiary/aromatic N) is 4. The largest absolute Gasteiger partial charge is 0.314 e. The summed E-state index contributed by atoms with van der Waals surface area (Å²) in [6, 6.07) is 0.487. The van der Waals surface area contributed by atoms with Gasteiger partial charge in [0.1, 0.15) is 0 Å². The fourth-order valence-corrected chi connectivity index (χ4v) is 2.18. The summed E-state index contributed by atoms with van der Waals surface area (Å²) in [7, 11) is 1.81. The van der Waals surface area contributed by atoms with Crippen LogP contribution in [-0.4, -0.2) is 32.8 Å². The number of aryl methyl sites for hydroxylation is 1. The van der Waals surface area contributed by atoms with Crippen molar-refractivity contribution in [2.75, 3.05) is 6.54 Å². The van der Waals surface area contributed by atoms with Gasteiger partial charge in [0.2, 0.25) is 0 Å². The van der Waals surface area contributed by atoms with Crippen molar-refractivity contribution < 1.29 is 0 Å². The zero-order valence-electron chi connectivity index (χ0n) is 12.0. The Morgan fingerprint density at radius 2 is 1.94 bits per heavy atom. The highest BCUT2D eigenvalue weighted by Gasteiger charge is 2.11. The van der Waals surface area contributed by atoms with E-state index in [1.165, 1.54) is 43.3 Å². The molecular formula is C13H27N5. The highest BCUT2D eigenvalue weighted by Crippen LogP contribution is 2.09. The van der Waals surface area contributed by atoms with Crippen LogP contribution < -0.4 is 5.32 Å². The smallest absolute Gasteiger partial charge is 0.176 e. The predicted molar refractivity (Wildman–Crippen MR) is 73.3 cm³/mol. The molecule has 1 rings (SSSR count). The van der Waals surface area contributed by atoms with Crippen LogP contribution in [0.3, 0.4) is 0 Å². The Kier molecular flexibility index (Phi) is 7.57. The number of nitrogens with one attached hydrogen (secondary N) is 1. The zero-order valence-corrected chi connectivity index (χ0v) is 12.0. The standard InChI is InChI=1S/C13H27N5/c1-4-6-7-8-9-10-12(14-5-2)11-13-15-17-18(3)16-13/h12,14H,4-11H2,1-3H3. The molecule has 0 spiro atoms. The van der Waals surface area contributed by atoms with Crippen molar-refractivity contribution in [3.63, 3.8) is 0 Å². The van der Waals surface area contributed by atoms with E-state index in [2.05, 4.69) is 34.6 Å². The van der Waals surface area contributed by atoms with E-state index in [0.29, 0.717) is 6.04 Å². The van der Waals surface area contributed by atoms with E-state index < -0.39 is 0 Å². The Labute approximate surface area is 110 Å². The van der Waals surface area contributed by atoms with Gasteiger partial charge in [0.05, 0.1) is 7.05 Å². The summed E-state index contributed by atoms with van der Waals surface area (Å²) in [6.07, 6.45) is 8.74. The van der Waals surface area contributed by atoms with Crippen LogP contribution in [-0.2, 0) is 13.5 Å². The molecule has 5 heteroatoms. The number of aromatic nitrogens is 4. The summed E-state index contributed by atoms with van der Waals surface area (Å²) < 4.78 is 0. The molecule has 1 N–H and O–H groups in total. The monoisotopic (exact) mass is 253 g/mol. The van der Waals surface area contributed by atoms with Gasteiger partial charge in [0.15, 0.2) is 5.82 Å². The van der Waals surface area contributed by atoms with E-state index in [-0.39, 0.29) is 0 Å². The second kappa shape index (κ2) is 9.03. The minimum absolute atomic E-state index is 0.487. The molecule has 0 aliphatic heterocycles. The van der Waals surface area contributed by atoms with Gasteiger partial charge in [-0.2, -0.15) is 4.80 Å². The van der Waals surface area contributed by atoms with Crippen LogP contribution in [0, 0.1) is 0 Å². The maximum absolute atomic E-state index is 4.24. The summed E-state index contributed by atoms with van der Waals surface area (Å²) in [4.78, 5) is 1.53. The third-order valence-corrected chi connectivity index (χ3v) is 3.13. The van der Waals surface area contributed by atoms with Gasteiger partial charge in [-0.25, -0.2) is 0 Å². The van der Waals surface area contributed by atoms with Gasteiger partial charge in [-0.1, -0.05) is 46.0 Å². The summed E-state index contributed by atoms with van der Waals surface area (Å²) in [5.41, 5.74) is 0. The third-order valence-electron chi connectivity index (χ3n) is 3.13.